The molecule has 2 aliphatic rings. The maximum absolute atomic E-state index is 13.3. The summed E-state index contributed by atoms with van der Waals surface area (Å²) in [5.74, 6) is -1.40. The lowest BCUT2D eigenvalue weighted by atomic mass is 9.69. The third kappa shape index (κ3) is 7.28. The van der Waals surface area contributed by atoms with E-state index in [0.29, 0.717) is 0 Å². The highest BCUT2D eigenvalue weighted by molar-refractivity contribution is 5.95. The van der Waals surface area contributed by atoms with Crippen molar-refractivity contribution in [3.05, 3.63) is 12.2 Å². The van der Waals surface area contributed by atoms with Gasteiger partial charge in [-0.15, -0.1) is 0 Å². The first-order valence-corrected chi connectivity index (χ1v) is 12.4. The van der Waals surface area contributed by atoms with Crippen LogP contribution >= 0.6 is 0 Å². The van der Waals surface area contributed by atoms with Gasteiger partial charge in [0.1, 0.15) is 11.6 Å². The first-order chi connectivity index (χ1) is 15.3. The molecule has 0 aromatic carbocycles. The van der Waals surface area contributed by atoms with Gasteiger partial charge in [0.2, 0.25) is 0 Å². The van der Waals surface area contributed by atoms with Gasteiger partial charge in [0.25, 0.3) is 0 Å². The molecule has 0 amide bonds. The van der Waals surface area contributed by atoms with E-state index in [2.05, 4.69) is 6.58 Å². The van der Waals surface area contributed by atoms with Gasteiger partial charge in [-0.25, -0.2) is 4.79 Å². The Balaban J connectivity index is 2.33. The zero-order valence-corrected chi connectivity index (χ0v) is 19.9. The van der Waals surface area contributed by atoms with Crippen LogP contribution in [0.1, 0.15) is 97.3 Å². The van der Waals surface area contributed by atoms with Crippen molar-refractivity contribution < 1.29 is 28.7 Å². The number of ether oxygens (including phenoxy) is 2. The summed E-state index contributed by atoms with van der Waals surface area (Å²) in [7, 11) is 0. The summed E-state index contributed by atoms with van der Waals surface area (Å²) in [4.78, 5) is 52.2. The number of Topliss-reactive ketones (excluding diaryl/α,β-unsaturated/α-hetero) is 2. The fraction of sp³-hybridized carbons (Fsp3) is 0.769. The molecule has 0 atom stereocenters. The first kappa shape index (κ1) is 26.3. The molecule has 6 heteroatoms. The summed E-state index contributed by atoms with van der Waals surface area (Å²) in [6, 6.07) is 0. The van der Waals surface area contributed by atoms with Gasteiger partial charge in [-0.05, 0) is 46.0 Å². The lowest BCUT2D eigenvalue weighted by molar-refractivity contribution is -0.161. The van der Waals surface area contributed by atoms with E-state index in [0.717, 1.165) is 64.2 Å². The zero-order valence-electron chi connectivity index (χ0n) is 19.9. The van der Waals surface area contributed by atoms with Crippen LogP contribution in [0.3, 0.4) is 0 Å². The molecule has 2 fully saturated rings. The molecule has 180 valence electrons. The molecule has 0 N–H and O–H groups in total. The topological polar surface area (TPSA) is 86.7 Å². The number of rotatable bonds is 12. The quantitative estimate of drug-likeness (QED) is 0.304. The Labute approximate surface area is 192 Å². The van der Waals surface area contributed by atoms with E-state index in [1.807, 2.05) is 0 Å². The standard InChI is InChI=1S/C26H40O6/c1-4-31-24(29)19(3)16-26(25(30)32-5-2,17-22(27)20-12-8-6-9-13-20)18-23(28)21-14-10-7-11-15-21/h20-21H,3-18H2,1-2H3. The molecule has 0 radical (unpaired) electrons. The summed E-state index contributed by atoms with van der Waals surface area (Å²) < 4.78 is 10.5. The van der Waals surface area contributed by atoms with Crippen LogP contribution in [0.25, 0.3) is 0 Å². The van der Waals surface area contributed by atoms with Crippen LogP contribution in [0.2, 0.25) is 0 Å². The molecular weight excluding hydrogens is 408 g/mol. The molecule has 6 nitrogen and oxygen atoms in total. The summed E-state index contributed by atoms with van der Waals surface area (Å²) in [6.45, 7) is 7.56. The van der Waals surface area contributed by atoms with Crippen LogP contribution in [0.4, 0.5) is 0 Å². The lowest BCUT2D eigenvalue weighted by Gasteiger charge is -2.34. The minimum Gasteiger partial charge on any atom is -0.466 e. The predicted molar refractivity (Wildman–Crippen MR) is 122 cm³/mol. The van der Waals surface area contributed by atoms with Gasteiger partial charge in [0.15, 0.2) is 0 Å². The summed E-state index contributed by atoms with van der Waals surface area (Å²) in [6.07, 6.45) is 9.21. The molecule has 0 spiro atoms. The zero-order chi connectivity index (χ0) is 23.6. The highest BCUT2D eigenvalue weighted by atomic mass is 16.5. The maximum Gasteiger partial charge on any atom is 0.333 e. The van der Waals surface area contributed by atoms with E-state index in [1.165, 1.54) is 0 Å². The van der Waals surface area contributed by atoms with Crippen molar-refractivity contribution >= 4 is 23.5 Å². The highest BCUT2D eigenvalue weighted by Gasteiger charge is 2.47. The third-order valence-corrected chi connectivity index (χ3v) is 6.97. The fourth-order valence-corrected chi connectivity index (χ4v) is 5.21. The van der Waals surface area contributed by atoms with Crippen molar-refractivity contribution in [3.8, 4) is 0 Å². The van der Waals surface area contributed by atoms with Gasteiger partial charge in [-0.3, -0.25) is 14.4 Å². The molecule has 32 heavy (non-hydrogen) atoms. The monoisotopic (exact) mass is 448 g/mol. The molecule has 2 aliphatic carbocycles. The van der Waals surface area contributed by atoms with Crippen molar-refractivity contribution in [2.45, 2.75) is 97.3 Å². The number of carbonyl (C=O) groups excluding carboxylic acids is 4. The second kappa shape index (κ2) is 12.9. The van der Waals surface area contributed by atoms with E-state index < -0.39 is 17.4 Å². The number of hydrogen-bond acceptors (Lipinski definition) is 6. The van der Waals surface area contributed by atoms with Gasteiger partial charge in [0, 0.05) is 30.3 Å². The molecule has 0 unspecified atom stereocenters. The molecule has 0 heterocycles. The molecular formula is C26H40O6. The van der Waals surface area contributed by atoms with Crippen molar-refractivity contribution in [2.75, 3.05) is 13.2 Å². The Morgan fingerprint density at radius 2 is 1.16 bits per heavy atom. The van der Waals surface area contributed by atoms with Crippen molar-refractivity contribution in [3.63, 3.8) is 0 Å². The minimum absolute atomic E-state index is 0.00847. The van der Waals surface area contributed by atoms with E-state index in [9.17, 15) is 19.2 Å². The fourth-order valence-electron chi connectivity index (χ4n) is 5.21. The van der Waals surface area contributed by atoms with Gasteiger partial charge in [-0.2, -0.15) is 0 Å². The van der Waals surface area contributed by atoms with E-state index in [4.69, 9.17) is 9.47 Å². The number of hydrogen-bond donors (Lipinski definition) is 0. The second-order valence-electron chi connectivity index (χ2n) is 9.46. The van der Waals surface area contributed by atoms with Crippen LogP contribution in [0, 0.1) is 17.3 Å². The van der Waals surface area contributed by atoms with Crippen molar-refractivity contribution in [1.29, 1.82) is 0 Å². The van der Waals surface area contributed by atoms with Gasteiger partial charge in [-0.1, -0.05) is 45.1 Å². The highest BCUT2D eigenvalue weighted by Crippen LogP contribution is 2.41. The van der Waals surface area contributed by atoms with Crippen LogP contribution in [0.15, 0.2) is 12.2 Å². The average Bonchev–Trinajstić information content (AvgIpc) is 2.80. The van der Waals surface area contributed by atoms with Crippen LogP contribution in [0.5, 0.6) is 0 Å². The maximum atomic E-state index is 13.3. The second-order valence-corrected chi connectivity index (χ2v) is 9.46. The normalized spacial score (nSPS) is 18.1. The van der Waals surface area contributed by atoms with Gasteiger partial charge >= 0.3 is 11.9 Å². The van der Waals surface area contributed by atoms with Crippen molar-refractivity contribution in [2.24, 2.45) is 17.3 Å². The Morgan fingerprint density at radius 3 is 1.56 bits per heavy atom. The Bertz CT molecular complexity index is 650. The minimum atomic E-state index is -1.40. The van der Waals surface area contributed by atoms with Gasteiger partial charge in [0.05, 0.1) is 18.6 Å². The SMILES string of the molecule is C=C(CC(CC(=O)C1CCCCC1)(CC(=O)C1CCCCC1)C(=O)OCC)C(=O)OCC. The Morgan fingerprint density at radius 1 is 0.719 bits per heavy atom. The molecule has 2 rings (SSSR count). The van der Waals surface area contributed by atoms with Crippen LogP contribution in [-0.2, 0) is 28.7 Å². The van der Waals surface area contributed by atoms with Gasteiger partial charge < -0.3 is 9.47 Å². The number of carbonyl (C=O) groups is 4. The van der Waals surface area contributed by atoms with E-state index in [-0.39, 0.29) is 61.5 Å². The molecule has 0 saturated heterocycles. The lowest BCUT2D eigenvalue weighted by Crippen LogP contribution is -2.41. The Hall–Kier alpha value is -1.98. The van der Waals surface area contributed by atoms with E-state index >= 15 is 0 Å². The molecule has 0 aromatic rings. The largest absolute Gasteiger partial charge is 0.466 e. The number of esters is 2. The Kier molecular flexibility index (Phi) is 10.6. The summed E-state index contributed by atoms with van der Waals surface area (Å²) in [5, 5.41) is 0. The average molecular weight is 449 g/mol. The van der Waals surface area contributed by atoms with Crippen molar-refractivity contribution in [1.82, 2.24) is 0 Å². The van der Waals surface area contributed by atoms with E-state index in [1.54, 1.807) is 13.8 Å². The molecule has 2 saturated carbocycles. The van der Waals surface area contributed by atoms with Crippen LogP contribution in [-0.4, -0.2) is 36.7 Å². The van der Waals surface area contributed by atoms with Crippen LogP contribution < -0.4 is 0 Å². The third-order valence-electron chi connectivity index (χ3n) is 6.97. The molecule has 0 aliphatic heterocycles. The molecule has 0 aromatic heterocycles. The first-order valence-electron chi connectivity index (χ1n) is 12.4. The smallest absolute Gasteiger partial charge is 0.333 e. The summed E-state index contributed by atoms with van der Waals surface area (Å²) in [5.41, 5.74) is -1.30. The number of ketones is 2. The molecule has 0 bridgehead atoms. The summed E-state index contributed by atoms with van der Waals surface area (Å²) >= 11 is 0. The predicted octanol–water partition coefficient (Wildman–Crippen LogP) is 5.12.